The first-order valence-electron chi connectivity index (χ1n) is 18.6. The van der Waals surface area contributed by atoms with Gasteiger partial charge in [-0.15, -0.1) is 0 Å². The lowest BCUT2D eigenvalue weighted by molar-refractivity contribution is -0.135. The molecule has 16 heteroatoms. The molecule has 2 aromatic heterocycles. The van der Waals surface area contributed by atoms with Gasteiger partial charge in [-0.3, -0.25) is 9.59 Å². The second-order valence-corrected chi connectivity index (χ2v) is 14.6. The molecule has 2 saturated heterocycles. The Morgan fingerprint density at radius 1 is 0.800 bits per heavy atom. The van der Waals surface area contributed by atoms with Gasteiger partial charge in [-0.1, -0.05) is 13.8 Å². The fourth-order valence-corrected chi connectivity index (χ4v) is 8.16. The van der Waals surface area contributed by atoms with Gasteiger partial charge in [0.25, 0.3) is 0 Å². The normalized spacial score (nSPS) is 18.6. The summed E-state index contributed by atoms with van der Waals surface area (Å²) in [4.78, 5) is 69.9. The number of amides is 4. The lowest BCUT2D eigenvalue weighted by atomic mass is 9.87. The Morgan fingerprint density at radius 3 is 1.85 bits per heavy atom. The number of aromatic amines is 2. The quantitative estimate of drug-likeness (QED) is 0.181. The highest BCUT2D eigenvalue weighted by atomic mass is 16.5. The van der Waals surface area contributed by atoms with Crippen LogP contribution in [0.1, 0.15) is 74.4 Å². The van der Waals surface area contributed by atoms with Crippen molar-refractivity contribution in [2.45, 2.75) is 70.9 Å². The van der Waals surface area contributed by atoms with Crippen LogP contribution in [0.25, 0.3) is 33.6 Å². The molecular weight excluding hydrogens is 708 g/mol. The maximum Gasteiger partial charge on any atom is 0.407 e. The summed E-state index contributed by atoms with van der Waals surface area (Å²) in [7, 11) is 2.54. The summed E-state index contributed by atoms with van der Waals surface area (Å²) < 4.78 is 22.2. The Hall–Kier alpha value is -6.06. The highest BCUT2D eigenvalue weighted by molar-refractivity contribution is 5.89. The van der Waals surface area contributed by atoms with Gasteiger partial charge in [0.15, 0.2) is 0 Å². The van der Waals surface area contributed by atoms with Crippen molar-refractivity contribution in [3.8, 4) is 45.1 Å². The van der Waals surface area contributed by atoms with Crippen LogP contribution in [-0.2, 0) is 32.3 Å². The number of ether oxygens (including phenoxy) is 4. The fourth-order valence-electron chi connectivity index (χ4n) is 8.16. The molecule has 8 rings (SSSR count). The van der Waals surface area contributed by atoms with Crippen LogP contribution in [0, 0.1) is 5.92 Å². The van der Waals surface area contributed by atoms with E-state index in [0.717, 1.165) is 82.0 Å². The van der Waals surface area contributed by atoms with Gasteiger partial charge in [0.2, 0.25) is 11.8 Å². The van der Waals surface area contributed by atoms with Gasteiger partial charge in [-0.2, -0.15) is 0 Å². The van der Waals surface area contributed by atoms with Crippen LogP contribution >= 0.6 is 0 Å². The van der Waals surface area contributed by atoms with Gasteiger partial charge >= 0.3 is 12.2 Å². The summed E-state index contributed by atoms with van der Waals surface area (Å²) in [5.41, 5.74) is 7.40. The summed E-state index contributed by atoms with van der Waals surface area (Å²) in [6, 6.07) is 7.03. The van der Waals surface area contributed by atoms with Crippen LogP contribution in [0.5, 0.6) is 11.5 Å². The number of rotatable bonds is 9. The molecule has 0 aliphatic carbocycles. The van der Waals surface area contributed by atoms with Crippen LogP contribution in [0.2, 0.25) is 0 Å². The second kappa shape index (κ2) is 14.6. The Labute approximate surface area is 317 Å². The zero-order valence-electron chi connectivity index (χ0n) is 31.2. The molecule has 4 amide bonds. The lowest BCUT2D eigenvalue weighted by Gasteiger charge is -2.30. The van der Waals surface area contributed by atoms with E-state index in [-0.39, 0.29) is 36.4 Å². The van der Waals surface area contributed by atoms with Gasteiger partial charge in [0.05, 0.1) is 50.1 Å². The van der Waals surface area contributed by atoms with E-state index < -0.39 is 18.2 Å². The summed E-state index contributed by atoms with van der Waals surface area (Å²) in [5.74, 6) is 2.42. The Balaban J connectivity index is 1.01. The SMILES string of the molecule is COC(=O)NCC(=O)N1CCC[C@H]1c1ncc(-c2cc3c4c(c2)OCc2cc(-c5cnc([C@@H]6CCCN6C(=O)[C@@H](NC(=O)OC)C(C)C)[nH]5)cc(c2-4)OC3)[nH]1. The molecule has 4 aromatic rings. The van der Waals surface area contributed by atoms with Crippen molar-refractivity contribution in [3.05, 3.63) is 59.4 Å². The number of methoxy groups -OCH3 is 2. The second-order valence-electron chi connectivity index (χ2n) is 14.6. The fraction of sp³-hybridized carbons (Fsp3) is 0.436. The van der Waals surface area contributed by atoms with Gasteiger partial charge in [-0.05, 0) is 55.9 Å². The maximum absolute atomic E-state index is 13.6. The number of carbonyl (C=O) groups is 4. The standard InChI is InChI=1S/C39H44N8O8/c1-20(2)34(45-39(51)53-4)37(49)47-10-6-8-28(47)36-41-16-26(44-36)22-12-24-19-54-29-13-21(11-23-18-55-30(14-22)33(24)32(23)29)25-15-40-35(43-25)27-7-5-9-46(27)31(48)17-42-38(50)52-3/h11-16,20,27-28,34H,5-10,17-19H2,1-4H3,(H,40,43)(H,41,44)(H,42,50)(H,45,51)/t27-,28-,34-/m0/s1. The first kappa shape index (κ1) is 35.9. The molecule has 0 saturated carbocycles. The maximum atomic E-state index is 13.6. The minimum atomic E-state index is -0.710. The van der Waals surface area contributed by atoms with Gasteiger partial charge < -0.3 is 49.3 Å². The number of carbonyl (C=O) groups excluding carboxylic acids is 4. The number of H-pyrrole nitrogens is 2. The van der Waals surface area contributed by atoms with E-state index in [0.29, 0.717) is 38.0 Å². The monoisotopic (exact) mass is 752 g/mol. The van der Waals surface area contributed by atoms with Crippen molar-refractivity contribution in [1.29, 1.82) is 0 Å². The van der Waals surface area contributed by atoms with Crippen molar-refractivity contribution in [1.82, 2.24) is 40.4 Å². The van der Waals surface area contributed by atoms with Crippen LogP contribution < -0.4 is 20.1 Å². The summed E-state index contributed by atoms with van der Waals surface area (Å²) in [6.45, 7) is 5.49. The van der Waals surface area contributed by atoms with Crippen molar-refractivity contribution in [3.63, 3.8) is 0 Å². The predicted octanol–water partition coefficient (Wildman–Crippen LogP) is 4.98. The van der Waals surface area contributed by atoms with Gasteiger partial charge in [0.1, 0.15) is 48.9 Å². The molecule has 2 aromatic carbocycles. The Morgan fingerprint density at radius 2 is 1.33 bits per heavy atom. The summed E-state index contributed by atoms with van der Waals surface area (Å²) in [5, 5.41) is 5.16. The van der Waals surface area contributed by atoms with Crippen LogP contribution in [0.3, 0.4) is 0 Å². The minimum Gasteiger partial charge on any atom is -0.488 e. The number of aromatic nitrogens is 4. The van der Waals surface area contributed by atoms with E-state index >= 15 is 0 Å². The van der Waals surface area contributed by atoms with E-state index in [1.54, 1.807) is 22.2 Å². The molecule has 288 valence electrons. The third-order valence-corrected chi connectivity index (χ3v) is 10.9. The van der Waals surface area contributed by atoms with E-state index in [4.69, 9.17) is 19.2 Å². The molecule has 16 nitrogen and oxygen atoms in total. The van der Waals surface area contributed by atoms with E-state index in [9.17, 15) is 19.2 Å². The third kappa shape index (κ3) is 6.69. The number of nitrogens with one attached hydrogen (secondary N) is 4. The van der Waals surface area contributed by atoms with E-state index in [1.807, 2.05) is 26.0 Å². The Bertz CT molecular complexity index is 2110. The highest BCUT2D eigenvalue weighted by Gasteiger charge is 2.38. The molecule has 0 unspecified atom stereocenters. The molecule has 2 fully saturated rings. The first-order chi connectivity index (χ1) is 26.6. The van der Waals surface area contributed by atoms with E-state index in [1.165, 1.54) is 14.2 Å². The van der Waals surface area contributed by atoms with E-state index in [2.05, 4.69) is 42.5 Å². The van der Waals surface area contributed by atoms with Crippen LogP contribution in [0.15, 0.2) is 36.7 Å². The topological polar surface area (TPSA) is 193 Å². The van der Waals surface area contributed by atoms with Crippen LogP contribution in [-0.4, -0.2) is 93.6 Å². The molecule has 4 aliphatic heterocycles. The van der Waals surface area contributed by atoms with Crippen molar-refractivity contribution in [2.24, 2.45) is 5.92 Å². The zero-order chi connectivity index (χ0) is 38.4. The third-order valence-electron chi connectivity index (χ3n) is 10.9. The number of hydrogen-bond acceptors (Lipinski definition) is 10. The molecule has 6 heterocycles. The summed E-state index contributed by atoms with van der Waals surface area (Å²) in [6.07, 6.45) is 5.45. The van der Waals surface area contributed by atoms with Crippen molar-refractivity contribution in [2.75, 3.05) is 33.9 Å². The largest absolute Gasteiger partial charge is 0.488 e. The molecule has 3 atom stereocenters. The number of nitrogens with zero attached hydrogens (tertiary/aromatic N) is 4. The highest BCUT2D eigenvalue weighted by Crippen LogP contribution is 2.51. The first-order valence-corrected chi connectivity index (χ1v) is 18.6. The number of imidazole rings is 2. The van der Waals surface area contributed by atoms with Gasteiger partial charge in [-0.25, -0.2) is 19.6 Å². The molecule has 0 radical (unpaired) electrons. The zero-order valence-corrected chi connectivity index (χ0v) is 31.2. The van der Waals surface area contributed by atoms with Crippen molar-refractivity contribution >= 4 is 24.0 Å². The van der Waals surface area contributed by atoms with Crippen molar-refractivity contribution < 1.29 is 38.1 Å². The Kier molecular flexibility index (Phi) is 9.57. The molecular formula is C39H44N8O8. The number of benzene rings is 2. The number of alkyl carbamates (subject to hydrolysis) is 2. The average Bonchev–Trinajstić information content (AvgIpc) is 4.03. The molecule has 4 N–H and O–H groups in total. The van der Waals surface area contributed by atoms with Crippen LogP contribution in [0.4, 0.5) is 9.59 Å². The smallest absolute Gasteiger partial charge is 0.407 e. The van der Waals surface area contributed by atoms with Gasteiger partial charge in [0, 0.05) is 46.5 Å². The number of likely N-dealkylation sites (tertiary alicyclic amines) is 2. The number of hydrogen-bond donors (Lipinski definition) is 4. The summed E-state index contributed by atoms with van der Waals surface area (Å²) >= 11 is 0. The molecule has 4 aliphatic rings. The molecule has 0 bridgehead atoms. The average molecular weight is 753 g/mol. The molecule has 0 spiro atoms. The lowest BCUT2D eigenvalue weighted by Crippen LogP contribution is -2.51. The minimum absolute atomic E-state index is 0.123. The molecule has 55 heavy (non-hydrogen) atoms. The predicted molar refractivity (Wildman–Crippen MR) is 198 cm³/mol.